The van der Waals surface area contributed by atoms with E-state index in [0.29, 0.717) is 19.5 Å². The Morgan fingerprint density at radius 3 is 2.00 bits per heavy atom. The molecule has 0 bridgehead atoms. The van der Waals surface area contributed by atoms with Gasteiger partial charge in [0.1, 0.15) is 0 Å². The van der Waals surface area contributed by atoms with Crippen LogP contribution < -0.4 is 4.72 Å². The predicted molar refractivity (Wildman–Crippen MR) is 69.2 cm³/mol. The summed E-state index contributed by atoms with van der Waals surface area (Å²) < 4.78 is 25.1. The van der Waals surface area contributed by atoms with Gasteiger partial charge in [0.2, 0.25) is 15.9 Å². The van der Waals surface area contributed by atoms with Gasteiger partial charge in [-0.05, 0) is 19.3 Å². The number of carbonyl (C=O) groups excluding carboxylic acids is 1. The highest BCUT2D eigenvalue weighted by Gasteiger charge is 2.15. The Bertz CT molecular complexity index is 309. The van der Waals surface area contributed by atoms with Gasteiger partial charge in [0.05, 0.1) is 12.3 Å². The van der Waals surface area contributed by atoms with Crippen LogP contribution in [0.4, 0.5) is 0 Å². The number of nitrogens with zero attached hydrogens (tertiary/aromatic N) is 1. The van der Waals surface area contributed by atoms with E-state index in [0.717, 1.165) is 12.8 Å². The van der Waals surface area contributed by atoms with Crippen molar-refractivity contribution in [2.24, 2.45) is 0 Å². The molecule has 0 unspecified atom stereocenters. The fraction of sp³-hybridized carbons (Fsp3) is 0.909. The van der Waals surface area contributed by atoms with E-state index in [4.69, 9.17) is 0 Å². The minimum absolute atomic E-state index is 0.0713. The molecule has 17 heavy (non-hydrogen) atoms. The summed E-state index contributed by atoms with van der Waals surface area (Å²) in [5.74, 6) is -0.0738. The monoisotopic (exact) mass is 264 g/mol. The van der Waals surface area contributed by atoms with E-state index >= 15 is 0 Å². The first-order valence-electron chi connectivity index (χ1n) is 6.21. The fourth-order valence-electron chi connectivity index (χ4n) is 1.53. The summed E-state index contributed by atoms with van der Waals surface area (Å²) in [5, 5.41) is 0. The molecule has 0 rings (SSSR count). The zero-order valence-electron chi connectivity index (χ0n) is 11.0. The molecule has 0 saturated heterocycles. The summed E-state index contributed by atoms with van der Waals surface area (Å²) in [6.45, 7) is 7.03. The Morgan fingerprint density at radius 2 is 1.59 bits per heavy atom. The maximum Gasteiger partial charge on any atom is 0.237 e. The number of hydrogen-bond acceptors (Lipinski definition) is 3. The van der Waals surface area contributed by atoms with Crippen molar-refractivity contribution in [3.8, 4) is 0 Å². The first-order chi connectivity index (χ1) is 7.96. The van der Waals surface area contributed by atoms with Crippen LogP contribution in [-0.4, -0.2) is 44.6 Å². The highest BCUT2D eigenvalue weighted by Crippen LogP contribution is 1.96. The maximum absolute atomic E-state index is 11.8. The summed E-state index contributed by atoms with van der Waals surface area (Å²) >= 11 is 0. The SMILES string of the molecule is CCCN(CCC)C(=O)CNS(=O)(=O)CCC. The average molecular weight is 264 g/mol. The summed E-state index contributed by atoms with van der Waals surface area (Å²) in [7, 11) is -3.29. The van der Waals surface area contributed by atoms with Crippen LogP contribution in [0.1, 0.15) is 40.0 Å². The van der Waals surface area contributed by atoms with Crippen LogP contribution >= 0.6 is 0 Å². The highest BCUT2D eigenvalue weighted by atomic mass is 32.2. The lowest BCUT2D eigenvalue weighted by Crippen LogP contribution is -2.41. The topological polar surface area (TPSA) is 66.5 Å². The van der Waals surface area contributed by atoms with Gasteiger partial charge in [0.15, 0.2) is 0 Å². The van der Waals surface area contributed by atoms with Gasteiger partial charge in [0, 0.05) is 13.1 Å². The molecule has 0 saturated carbocycles. The van der Waals surface area contributed by atoms with Crippen molar-refractivity contribution < 1.29 is 13.2 Å². The van der Waals surface area contributed by atoms with Crippen molar-refractivity contribution in [2.45, 2.75) is 40.0 Å². The Balaban J connectivity index is 4.22. The summed E-state index contributed by atoms with van der Waals surface area (Å²) in [6.07, 6.45) is 2.32. The quantitative estimate of drug-likeness (QED) is 0.674. The molecule has 0 radical (unpaired) electrons. The van der Waals surface area contributed by atoms with Crippen LogP contribution in [0.3, 0.4) is 0 Å². The van der Waals surface area contributed by atoms with E-state index in [2.05, 4.69) is 4.72 Å². The second kappa shape index (κ2) is 8.47. The van der Waals surface area contributed by atoms with Gasteiger partial charge in [-0.2, -0.15) is 0 Å². The number of sulfonamides is 1. The van der Waals surface area contributed by atoms with Crippen LogP contribution in [0.2, 0.25) is 0 Å². The number of carbonyl (C=O) groups is 1. The molecular weight excluding hydrogens is 240 g/mol. The largest absolute Gasteiger partial charge is 0.342 e. The first-order valence-corrected chi connectivity index (χ1v) is 7.87. The third-order valence-corrected chi connectivity index (χ3v) is 3.79. The van der Waals surface area contributed by atoms with Crippen molar-refractivity contribution in [3.63, 3.8) is 0 Å². The predicted octanol–water partition coefficient (Wildman–Crippen LogP) is 0.964. The van der Waals surface area contributed by atoms with E-state index in [1.165, 1.54) is 0 Å². The van der Waals surface area contributed by atoms with Crippen LogP contribution in [-0.2, 0) is 14.8 Å². The van der Waals surface area contributed by atoms with Crippen molar-refractivity contribution in [1.82, 2.24) is 9.62 Å². The molecule has 0 aliphatic carbocycles. The lowest BCUT2D eigenvalue weighted by Gasteiger charge is -2.21. The average Bonchev–Trinajstić information content (AvgIpc) is 2.26. The van der Waals surface area contributed by atoms with E-state index in [-0.39, 0.29) is 18.2 Å². The molecule has 1 N–H and O–H groups in total. The number of rotatable bonds is 9. The van der Waals surface area contributed by atoms with Crippen molar-refractivity contribution in [2.75, 3.05) is 25.4 Å². The van der Waals surface area contributed by atoms with Gasteiger partial charge in [-0.1, -0.05) is 20.8 Å². The Hall–Kier alpha value is -0.620. The molecular formula is C11H24N2O3S. The Kier molecular flexibility index (Phi) is 8.16. The maximum atomic E-state index is 11.8. The molecule has 0 aromatic heterocycles. The molecule has 0 aliphatic rings. The minimum Gasteiger partial charge on any atom is -0.342 e. The summed E-state index contributed by atoms with van der Waals surface area (Å²) in [4.78, 5) is 13.5. The molecule has 0 atom stereocenters. The summed E-state index contributed by atoms with van der Waals surface area (Å²) in [5.41, 5.74) is 0. The van der Waals surface area contributed by atoms with Gasteiger partial charge < -0.3 is 4.90 Å². The second-order valence-corrected chi connectivity index (χ2v) is 5.95. The molecule has 0 spiro atoms. The second-order valence-electron chi connectivity index (χ2n) is 4.02. The minimum atomic E-state index is -3.29. The standard InChI is InChI=1S/C11H24N2O3S/c1-4-7-13(8-5-2)11(14)10-12-17(15,16)9-6-3/h12H,4-10H2,1-3H3. The van der Waals surface area contributed by atoms with Gasteiger partial charge >= 0.3 is 0 Å². The molecule has 0 fully saturated rings. The molecule has 0 heterocycles. The zero-order chi connectivity index (χ0) is 13.3. The van der Waals surface area contributed by atoms with E-state index in [1.54, 1.807) is 11.8 Å². The molecule has 1 amide bonds. The lowest BCUT2D eigenvalue weighted by molar-refractivity contribution is -0.130. The molecule has 5 nitrogen and oxygen atoms in total. The van der Waals surface area contributed by atoms with Gasteiger partial charge in [-0.15, -0.1) is 0 Å². The van der Waals surface area contributed by atoms with Crippen molar-refractivity contribution >= 4 is 15.9 Å². The van der Waals surface area contributed by atoms with Crippen LogP contribution in [0.5, 0.6) is 0 Å². The molecule has 6 heteroatoms. The molecule has 0 aromatic rings. The van der Waals surface area contributed by atoms with Gasteiger partial charge in [-0.3, -0.25) is 4.79 Å². The van der Waals surface area contributed by atoms with Crippen LogP contribution in [0.25, 0.3) is 0 Å². The number of hydrogen-bond donors (Lipinski definition) is 1. The van der Waals surface area contributed by atoms with Crippen molar-refractivity contribution in [1.29, 1.82) is 0 Å². The fourth-order valence-corrected chi connectivity index (χ4v) is 2.55. The molecule has 102 valence electrons. The lowest BCUT2D eigenvalue weighted by atomic mass is 10.3. The Labute approximate surface area is 105 Å². The zero-order valence-corrected chi connectivity index (χ0v) is 11.8. The summed E-state index contributed by atoms with van der Waals surface area (Å²) in [6, 6.07) is 0. The smallest absolute Gasteiger partial charge is 0.237 e. The van der Waals surface area contributed by atoms with Crippen molar-refractivity contribution in [3.05, 3.63) is 0 Å². The van der Waals surface area contributed by atoms with E-state index < -0.39 is 10.0 Å². The van der Waals surface area contributed by atoms with Gasteiger partial charge in [-0.25, -0.2) is 13.1 Å². The molecule has 0 aliphatic heterocycles. The third kappa shape index (κ3) is 7.33. The highest BCUT2D eigenvalue weighted by molar-refractivity contribution is 7.89. The number of amides is 1. The van der Waals surface area contributed by atoms with E-state index in [9.17, 15) is 13.2 Å². The molecule has 0 aromatic carbocycles. The number of nitrogens with one attached hydrogen (secondary N) is 1. The first kappa shape index (κ1) is 16.4. The third-order valence-electron chi connectivity index (χ3n) is 2.26. The van der Waals surface area contributed by atoms with E-state index in [1.807, 2.05) is 13.8 Å². The van der Waals surface area contributed by atoms with Crippen LogP contribution in [0.15, 0.2) is 0 Å². The Morgan fingerprint density at radius 1 is 1.06 bits per heavy atom. The van der Waals surface area contributed by atoms with Crippen LogP contribution in [0, 0.1) is 0 Å². The normalized spacial score (nSPS) is 11.5. The van der Waals surface area contributed by atoms with Gasteiger partial charge in [0.25, 0.3) is 0 Å².